The van der Waals surface area contributed by atoms with Gasteiger partial charge in [0.25, 0.3) is 11.2 Å². The fraction of sp³-hybridized carbons (Fsp3) is 1.00. The van der Waals surface area contributed by atoms with E-state index in [0.717, 1.165) is 52.4 Å². The van der Waals surface area contributed by atoms with Crippen LogP contribution in [0, 0.1) is 69.0 Å². The van der Waals surface area contributed by atoms with Crippen molar-refractivity contribution < 1.29 is 115 Å². The first-order valence-electron chi connectivity index (χ1n) is 24.3. The second-order valence-electron chi connectivity index (χ2n) is 23.4. The van der Waals surface area contributed by atoms with E-state index in [1.165, 1.54) is 20.8 Å². The molecule has 10 unspecified atom stereocenters. The van der Waals surface area contributed by atoms with Crippen molar-refractivity contribution >= 4 is 0 Å². The predicted octanol–water partition coefficient (Wildman–Crippen LogP) is 15.2. The van der Waals surface area contributed by atoms with Gasteiger partial charge in [0.15, 0.2) is 5.60 Å². The first kappa shape index (κ1) is 64.7. The van der Waals surface area contributed by atoms with E-state index >= 15 is 0 Å². The van der Waals surface area contributed by atoms with E-state index in [4.69, 9.17) is 9.99 Å². The molecule has 0 spiro atoms. The molecule has 6 bridgehead atoms. The molecule has 0 aromatic heterocycles. The van der Waals surface area contributed by atoms with E-state index < -0.39 is 125 Å². The lowest BCUT2D eigenvalue weighted by Gasteiger charge is -2.65. The molecule has 0 amide bonds. The fourth-order valence-electron chi connectivity index (χ4n) is 13.7. The van der Waals surface area contributed by atoms with Crippen molar-refractivity contribution in [3.8, 4) is 0 Å². The molecular weight excluding hydrogens is 1020 g/mol. The van der Waals surface area contributed by atoms with Crippen LogP contribution in [0.15, 0.2) is 0 Å². The van der Waals surface area contributed by atoms with Crippen molar-refractivity contribution in [1.82, 2.24) is 0 Å². The lowest BCUT2D eigenvalue weighted by Crippen LogP contribution is -2.64. The molecule has 0 heterocycles. The Labute approximate surface area is 408 Å². The summed E-state index contributed by atoms with van der Waals surface area (Å²) < 4.78 is 236. The van der Waals surface area contributed by atoms with E-state index in [2.05, 4.69) is 4.89 Å². The van der Waals surface area contributed by atoms with Gasteiger partial charge in [0, 0.05) is 17.3 Å². The third kappa shape index (κ3) is 12.4. The van der Waals surface area contributed by atoms with Gasteiger partial charge >= 0.3 is 37.1 Å². The van der Waals surface area contributed by atoms with Gasteiger partial charge in [-0.15, -0.1) is 0 Å². The molecule has 428 valence electrons. The maximum atomic E-state index is 13.6. The van der Waals surface area contributed by atoms with Crippen molar-refractivity contribution in [3.05, 3.63) is 0 Å². The molecule has 0 aromatic rings. The molecule has 6 fully saturated rings. The van der Waals surface area contributed by atoms with Crippen LogP contribution in [-0.4, -0.2) is 91.9 Å². The minimum absolute atomic E-state index is 0.0668. The molecule has 7 nitrogen and oxygen atoms in total. The summed E-state index contributed by atoms with van der Waals surface area (Å²) in [6.07, 6.45) is -33.8. The predicted molar refractivity (Wildman–Crippen MR) is 224 cm³/mol. The van der Waals surface area contributed by atoms with Crippen molar-refractivity contribution in [2.75, 3.05) is 0 Å². The summed E-state index contributed by atoms with van der Waals surface area (Å²) >= 11 is 0. The van der Waals surface area contributed by atoms with Gasteiger partial charge < -0.3 is 15.3 Å². The van der Waals surface area contributed by atoms with Gasteiger partial charge in [-0.2, -0.15) is 79.0 Å². The highest BCUT2D eigenvalue weighted by atomic mass is 19.4. The van der Waals surface area contributed by atoms with Crippen LogP contribution in [0.5, 0.6) is 0 Å². The van der Waals surface area contributed by atoms with Gasteiger partial charge in [-0.3, -0.25) is 10.5 Å². The molecular formula is C47H72F18O7. The summed E-state index contributed by atoms with van der Waals surface area (Å²) in [6.45, 7) is 12.6. The van der Waals surface area contributed by atoms with Crippen LogP contribution in [0.2, 0.25) is 0 Å². The molecule has 72 heavy (non-hydrogen) atoms. The number of fused-ring (bicyclic) bond motifs is 2. The number of alkyl halides is 18. The van der Waals surface area contributed by atoms with Gasteiger partial charge in [-0.1, -0.05) is 54.9 Å². The van der Waals surface area contributed by atoms with E-state index in [1.54, 1.807) is 27.7 Å². The highest BCUT2D eigenvalue weighted by Gasteiger charge is 2.74. The summed E-state index contributed by atoms with van der Waals surface area (Å²) in [4.78, 5) is 8.94. The van der Waals surface area contributed by atoms with Gasteiger partial charge in [-0.05, 0) is 150 Å². The molecule has 0 aromatic carbocycles. The van der Waals surface area contributed by atoms with Gasteiger partial charge in [-0.25, -0.2) is 9.78 Å². The average Bonchev–Trinajstić information content (AvgIpc) is 3.79. The molecule has 6 aliphatic carbocycles. The topological polar surface area (TPSA) is 120 Å². The Balaban J connectivity index is 0.000000312. The monoisotopic (exact) mass is 1090 g/mol. The smallest absolute Gasteiger partial charge is 0.381 e. The average molecular weight is 1090 g/mol. The largest absolute Gasteiger partial charge is 0.426 e. The zero-order valence-corrected chi connectivity index (χ0v) is 41.7. The summed E-state index contributed by atoms with van der Waals surface area (Å²) in [5.41, 5.74) is -17.9. The summed E-state index contributed by atoms with van der Waals surface area (Å²) in [5.74, 6) is -2.36. The Morgan fingerprint density at radius 2 is 0.958 bits per heavy atom. The van der Waals surface area contributed by atoms with Crippen molar-refractivity contribution in [2.45, 2.75) is 225 Å². The van der Waals surface area contributed by atoms with Crippen LogP contribution in [0.1, 0.15) is 159 Å². The quantitative estimate of drug-likeness (QED) is 0.0593. The highest BCUT2D eigenvalue weighted by molar-refractivity contribution is 5.13. The fourth-order valence-corrected chi connectivity index (χ4v) is 13.7. The first-order valence-corrected chi connectivity index (χ1v) is 24.3. The maximum Gasteiger partial charge on any atom is 0.426 e. The van der Waals surface area contributed by atoms with Gasteiger partial charge in [0.1, 0.15) is 12.2 Å². The van der Waals surface area contributed by atoms with Crippen LogP contribution in [-0.2, 0) is 9.78 Å². The SMILES string of the molecule is CCC(C)(C(OO)C1CC2CC(CC(O)(C(F)(F)F)C(F)(F)F)C1C2)C(F)(F)F.CCC(C)(CC(O)(C(F)(F)F)C(F)(F)F)C(OO)C(C)(C)C12CC3CC(CC(C3)C1)C2.CCC(C)CC(C)(O)C(F)(F)F. The third-order valence-electron chi connectivity index (χ3n) is 18.3. The normalized spacial score (nSPS) is 31.1. The Bertz CT molecular complexity index is 1690. The van der Waals surface area contributed by atoms with Gasteiger partial charge in [0.05, 0.1) is 5.41 Å². The molecule has 0 radical (unpaired) electrons. The summed E-state index contributed by atoms with van der Waals surface area (Å²) in [5, 5.41) is 47.5. The van der Waals surface area contributed by atoms with E-state index in [1.807, 2.05) is 0 Å². The second kappa shape index (κ2) is 21.4. The molecule has 6 saturated carbocycles. The molecule has 5 N–H and O–H groups in total. The third-order valence-corrected chi connectivity index (χ3v) is 18.3. The minimum atomic E-state index is -5.99. The standard InChI is InChI=1S/C22H34F6O3.C17H23F9O3.C8H15F3O/c1-5-18(4,12-20(29,21(23,24)25)22(26,27)28)16(31-30)17(2,3)19-9-13-6-14(10-19)8-15(7-13)11-19;1-3-13(2,15(18,19)20)12(29-28)11-6-8-4-9(10(11)5-8)7-14(27,16(21,22)23)17(24,25)26;1-4-6(2)5-7(3,12)8(9,10)11/h13-16,29-30H,5-12H2,1-4H3;8-12,27-28H,3-7H2,1-2H3;6,12H,4-5H2,1-3H3. The van der Waals surface area contributed by atoms with Crippen molar-refractivity contribution in [3.63, 3.8) is 0 Å². The number of rotatable bonds is 16. The minimum Gasteiger partial charge on any atom is -0.381 e. The van der Waals surface area contributed by atoms with Crippen LogP contribution >= 0.6 is 0 Å². The van der Waals surface area contributed by atoms with E-state index in [9.17, 15) is 99.8 Å². The molecule has 10 atom stereocenters. The number of aliphatic hydroxyl groups is 3. The van der Waals surface area contributed by atoms with Crippen LogP contribution < -0.4 is 0 Å². The van der Waals surface area contributed by atoms with Crippen LogP contribution in [0.3, 0.4) is 0 Å². The highest BCUT2D eigenvalue weighted by Crippen LogP contribution is 2.69. The molecule has 6 aliphatic rings. The Morgan fingerprint density at radius 1 is 0.528 bits per heavy atom. The molecule has 0 aliphatic heterocycles. The van der Waals surface area contributed by atoms with Crippen LogP contribution in [0.25, 0.3) is 0 Å². The zero-order valence-electron chi connectivity index (χ0n) is 41.7. The Morgan fingerprint density at radius 3 is 1.26 bits per heavy atom. The lowest BCUT2D eigenvalue weighted by atomic mass is 9.41. The van der Waals surface area contributed by atoms with Crippen molar-refractivity contribution in [1.29, 1.82) is 0 Å². The summed E-state index contributed by atoms with van der Waals surface area (Å²) in [6, 6.07) is 0. The maximum absolute atomic E-state index is 13.6. The van der Waals surface area contributed by atoms with E-state index in [0.29, 0.717) is 24.2 Å². The van der Waals surface area contributed by atoms with Crippen LogP contribution in [0.4, 0.5) is 79.0 Å². The molecule has 6 rings (SSSR count). The first-order chi connectivity index (χ1) is 32.1. The summed E-state index contributed by atoms with van der Waals surface area (Å²) in [7, 11) is 0. The van der Waals surface area contributed by atoms with E-state index in [-0.39, 0.29) is 43.4 Å². The number of hydrogen-bond acceptors (Lipinski definition) is 7. The zero-order chi connectivity index (χ0) is 56.3. The number of halogens is 18. The molecule has 25 heteroatoms. The number of hydrogen-bond donors (Lipinski definition) is 5. The van der Waals surface area contributed by atoms with Crippen molar-refractivity contribution in [2.24, 2.45) is 69.0 Å². The Hall–Kier alpha value is -1.54. The lowest BCUT2D eigenvalue weighted by molar-refractivity contribution is -0.392. The molecule has 0 saturated heterocycles. The second-order valence-corrected chi connectivity index (χ2v) is 23.4. The Kier molecular flexibility index (Phi) is 19.2. The van der Waals surface area contributed by atoms with Gasteiger partial charge in [0.2, 0.25) is 0 Å².